The molecule has 22 heavy (non-hydrogen) atoms. The van der Waals surface area contributed by atoms with Crippen LogP contribution in [0.25, 0.3) is 0 Å². The van der Waals surface area contributed by atoms with Gasteiger partial charge in [-0.3, -0.25) is 4.79 Å². The number of methoxy groups -OCH3 is 1. The molecule has 1 aromatic carbocycles. The Labute approximate surface area is 130 Å². The minimum absolute atomic E-state index is 0.323. The van der Waals surface area contributed by atoms with Crippen LogP contribution in [0.15, 0.2) is 24.3 Å². The van der Waals surface area contributed by atoms with Crippen LogP contribution in [0.2, 0.25) is 0 Å². The zero-order chi connectivity index (χ0) is 16.1. The summed E-state index contributed by atoms with van der Waals surface area (Å²) in [5.41, 5.74) is 1.23. The highest BCUT2D eigenvalue weighted by Crippen LogP contribution is 2.15. The van der Waals surface area contributed by atoms with Gasteiger partial charge >= 0.3 is 0 Å². The molecule has 0 unspecified atom stereocenters. The molecule has 0 aliphatic carbocycles. The predicted molar refractivity (Wildman–Crippen MR) is 78.3 cm³/mol. The molecule has 0 spiro atoms. The molecule has 1 N–H and O–H groups in total. The largest absolute Gasteiger partial charge is 0.550 e. The van der Waals surface area contributed by atoms with Gasteiger partial charge in [0.1, 0.15) is 11.8 Å². The number of nitrogens with one attached hydrogen (secondary N) is 1. The number of nitrogens with zero attached hydrogens (tertiary/aromatic N) is 1. The third kappa shape index (κ3) is 3.98. The molecule has 1 fully saturated rings. The lowest BCUT2D eigenvalue weighted by Crippen LogP contribution is -3.14. The number of carbonyl (C=O) groups is 2. The second-order valence-electron chi connectivity index (χ2n) is 5.58. The third-order valence-electron chi connectivity index (χ3n) is 4.28. The van der Waals surface area contributed by atoms with Crippen LogP contribution in [-0.4, -0.2) is 50.1 Å². The summed E-state index contributed by atoms with van der Waals surface area (Å²) in [6.45, 7) is 4.96. The van der Waals surface area contributed by atoms with Crippen molar-refractivity contribution in [1.82, 2.24) is 4.90 Å². The van der Waals surface area contributed by atoms with Gasteiger partial charge in [-0.1, -0.05) is 0 Å². The molecule has 1 atom stereocenters. The van der Waals surface area contributed by atoms with Gasteiger partial charge in [0.2, 0.25) is 5.91 Å². The number of aliphatic carboxylic acids is 1. The smallest absolute Gasteiger partial charge is 0.228 e. The molecular formula is C16H22N2O4. The number of ether oxygens (including phenoxy) is 1. The number of benzene rings is 1. The highest BCUT2D eigenvalue weighted by atomic mass is 16.5. The first-order valence-electron chi connectivity index (χ1n) is 7.47. The molecule has 1 aromatic rings. The Morgan fingerprint density at radius 3 is 2.36 bits per heavy atom. The molecule has 1 saturated heterocycles. The number of carbonyl (C=O) groups excluding carboxylic acids is 2. The van der Waals surface area contributed by atoms with Crippen molar-refractivity contribution in [2.24, 2.45) is 0 Å². The topological polar surface area (TPSA) is 74.1 Å². The maximum atomic E-state index is 11.7. The van der Waals surface area contributed by atoms with Crippen molar-refractivity contribution in [3.63, 3.8) is 0 Å². The maximum Gasteiger partial charge on any atom is 0.228 e. The first-order valence-corrected chi connectivity index (χ1v) is 7.47. The number of piperazine rings is 1. The van der Waals surface area contributed by atoms with Crippen LogP contribution in [0.4, 0.5) is 0 Å². The minimum Gasteiger partial charge on any atom is -0.550 e. The standard InChI is InChI=1S/C16H22N2O4/c1-12(13-3-5-14(22-2)6-4-13)17-7-9-18(10-8-17)15(19)11-16(20)21/h3-6,12H,7-11H2,1-2H3,(H,20,21)/t12-/m0/s1. The minimum atomic E-state index is -1.31. The Hall–Kier alpha value is -2.08. The monoisotopic (exact) mass is 306 g/mol. The lowest BCUT2D eigenvalue weighted by Gasteiger charge is -2.35. The van der Waals surface area contributed by atoms with Gasteiger partial charge in [-0.15, -0.1) is 0 Å². The summed E-state index contributed by atoms with van der Waals surface area (Å²) >= 11 is 0. The van der Waals surface area contributed by atoms with E-state index in [2.05, 4.69) is 19.1 Å². The Bertz CT molecular complexity index is 521. The highest BCUT2D eigenvalue weighted by molar-refractivity contribution is 5.92. The Balaban J connectivity index is 1.90. The predicted octanol–water partition coefficient (Wildman–Crippen LogP) is -1.38. The Morgan fingerprint density at radius 1 is 1.27 bits per heavy atom. The van der Waals surface area contributed by atoms with Crippen LogP contribution >= 0.6 is 0 Å². The summed E-state index contributed by atoms with van der Waals surface area (Å²) in [5.74, 6) is -0.828. The molecule has 0 bridgehead atoms. The molecule has 0 aromatic heterocycles. The highest BCUT2D eigenvalue weighted by Gasteiger charge is 2.27. The van der Waals surface area contributed by atoms with Gasteiger partial charge in [-0.05, 0) is 31.2 Å². The summed E-state index contributed by atoms with van der Waals surface area (Å²) in [7, 11) is 1.65. The van der Waals surface area contributed by atoms with Crippen LogP contribution in [0, 0.1) is 0 Å². The Kier molecular flexibility index (Phi) is 5.38. The van der Waals surface area contributed by atoms with E-state index < -0.39 is 12.4 Å². The molecule has 6 nitrogen and oxygen atoms in total. The average molecular weight is 306 g/mol. The number of hydrogen-bond acceptors (Lipinski definition) is 4. The van der Waals surface area contributed by atoms with E-state index in [0.717, 1.165) is 18.8 Å². The van der Waals surface area contributed by atoms with Crippen LogP contribution in [0.1, 0.15) is 24.9 Å². The van der Waals surface area contributed by atoms with Gasteiger partial charge in [-0.25, -0.2) is 0 Å². The first kappa shape index (κ1) is 16.3. The summed E-state index contributed by atoms with van der Waals surface area (Å²) in [4.78, 5) is 25.2. The van der Waals surface area contributed by atoms with Gasteiger partial charge in [0.15, 0.2) is 0 Å². The molecule has 1 amide bonds. The normalized spacial score (nSPS) is 17.1. The summed E-state index contributed by atoms with van der Waals surface area (Å²) < 4.78 is 5.16. The SMILES string of the molecule is COc1ccc([C@H](C)[NH+]2CCN(C(=O)CC(=O)[O-])CC2)cc1. The number of carboxylic acids is 1. The molecule has 2 rings (SSSR count). The van der Waals surface area contributed by atoms with Crippen LogP contribution in [-0.2, 0) is 9.59 Å². The zero-order valence-electron chi connectivity index (χ0n) is 13.0. The quantitative estimate of drug-likeness (QED) is 0.681. The number of carboxylic acid groups (broad SMARTS) is 1. The van der Waals surface area contributed by atoms with Crippen molar-refractivity contribution in [3.05, 3.63) is 29.8 Å². The summed E-state index contributed by atoms with van der Waals surface area (Å²) in [6, 6.07) is 8.34. The lowest BCUT2D eigenvalue weighted by molar-refractivity contribution is -0.933. The molecule has 120 valence electrons. The lowest BCUT2D eigenvalue weighted by atomic mass is 10.1. The molecular weight excluding hydrogens is 284 g/mol. The van der Waals surface area contributed by atoms with Crippen molar-refractivity contribution < 1.29 is 24.3 Å². The van der Waals surface area contributed by atoms with Gasteiger partial charge in [0.05, 0.1) is 45.7 Å². The van der Waals surface area contributed by atoms with E-state index in [1.807, 2.05) is 12.1 Å². The number of amides is 1. The molecule has 1 heterocycles. The fourth-order valence-electron chi connectivity index (χ4n) is 2.84. The van der Waals surface area contributed by atoms with E-state index in [1.54, 1.807) is 12.0 Å². The van der Waals surface area contributed by atoms with E-state index in [0.29, 0.717) is 19.1 Å². The van der Waals surface area contributed by atoms with Crippen molar-refractivity contribution >= 4 is 11.9 Å². The van der Waals surface area contributed by atoms with Crippen molar-refractivity contribution in [2.45, 2.75) is 19.4 Å². The average Bonchev–Trinajstić information content (AvgIpc) is 2.54. The maximum absolute atomic E-state index is 11.7. The van der Waals surface area contributed by atoms with Crippen LogP contribution < -0.4 is 14.7 Å². The summed E-state index contributed by atoms with van der Waals surface area (Å²) in [5, 5.41) is 10.5. The second-order valence-corrected chi connectivity index (χ2v) is 5.58. The van der Waals surface area contributed by atoms with Gasteiger partial charge in [0.25, 0.3) is 0 Å². The van der Waals surface area contributed by atoms with Gasteiger partial charge in [-0.2, -0.15) is 0 Å². The van der Waals surface area contributed by atoms with Crippen LogP contribution in [0.3, 0.4) is 0 Å². The molecule has 6 heteroatoms. The Morgan fingerprint density at radius 2 is 1.86 bits per heavy atom. The first-order chi connectivity index (χ1) is 10.5. The van der Waals surface area contributed by atoms with E-state index in [4.69, 9.17) is 4.74 Å². The van der Waals surface area contributed by atoms with Crippen molar-refractivity contribution in [2.75, 3.05) is 33.3 Å². The molecule has 0 radical (unpaired) electrons. The van der Waals surface area contributed by atoms with E-state index in [-0.39, 0.29) is 5.91 Å². The second kappa shape index (κ2) is 7.26. The number of quaternary nitrogens is 1. The molecule has 1 aliphatic heterocycles. The van der Waals surface area contributed by atoms with E-state index >= 15 is 0 Å². The van der Waals surface area contributed by atoms with Crippen molar-refractivity contribution in [3.8, 4) is 5.75 Å². The van der Waals surface area contributed by atoms with E-state index in [1.165, 1.54) is 10.5 Å². The third-order valence-corrected chi connectivity index (χ3v) is 4.28. The van der Waals surface area contributed by atoms with Gasteiger partial charge < -0.3 is 24.4 Å². The summed E-state index contributed by atoms with van der Waals surface area (Å²) in [6.07, 6.45) is -0.524. The fraction of sp³-hybridized carbons (Fsp3) is 0.500. The number of rotatable bonds is 5. The van der Waals surface area contributed by atoms with Crippen molar-refractivity contribution in [1.29, 1.82) is 0 Å². The van der Waals surface area contributed by atoms with Crippen LogP contribution in [0.5, 0.6) is 5.75 Å². The fourth-order valence-corrected chi connectivity index (χ4v) is 2.84. The molecule has 1 aliphatic rings. The van der Waals surface area contributed by atoms with Gasteiger partial charge in [0, 0.05) is 5.56 Å². The zero-order valence-corrected chi connectivity index (χ0v) is 13.0. The number of hydrogen-bond donors (Lipinski definition) is 1. The van der Waals surface area contributed by atoms with E-state index in [9.17, 15) is 14.7 Å². The molecule has 0 saturated carbocycles.